The molecule has 1 heterocycles. The Bertz CT molecular complexity index is 620. The average Bonchev–Trinajstić information content (AvgIpc) is 2.58. The van der Waals surface area contributed by atoms with Crippen molar-refractivity contribution in [1.82, 2.24) is 10.3 Å². The number of esters is 2. The quantitative estimate of drug-likeness (QED) is 0.587. The Labute approximate surface area is 144 Å². The maximum Gasteiger partial charge on any atom is 0.312 e. The molecule has 9 nitrogen and oxygen atoms in total. The molecule has 0 spiro atoms. The molecule has 2 amide bonds. The Morgan fingerprint density at radius 2 is 1.72 bits per heavy atom. The first-order valence-electron chi connectivity index (χ1n) is 7.73. The monoisotopic (exact) mass is 351 g/mol. The molecule has 2 atom stereocenters. The van der Waals surface area contributed by atoms with Gasteiger partial charge in [0.2, 0.25) is 5.91 Å². The van der Waals surface area contributed by atoms with Gasteiger partial charge in [-0.25, -0.2) is 0 Å². The van der Waals surface area contributed by atoms with Gasteiger partial charge in [0.1, 0.15) is 6.04 Å². The number of carbonyl (C=O) groups is 4. The minimum absolute atomic E-state index is 0.0436. The summed E-state index contributed by atoms with van der Waals surface area (Å²) in [4.78, 5) is 51.7. The first-order chi connectivity index (χ1) is 11.9. The third-order valence-electron chi connectivity index (χ3n) is 3.22. The molecule has 0 unspecified atom stereocenters. The van der Waals surface area contributed by atoms with Crippen molar-refractivity contribution >= 4 is 23.8 Å². The molecule has 1 aromatic heterocycles. The molecule has 3 N–H and O–H groups in total. The number of ether oxygens (including phenoxy) is 2. The van der Waals surface area contributed by atoms with Crippen molar-refractivity contribution in [3.8, 4) is 0 Å². The van der Waals surface area contributed by atoms with Crippen molar-refractivity contribution in [2.45, 2.75) is 26.3 Å². The molecule has 25 heavy (non-hydrogen) atoms. The van der Waals surface area contributed by atoms with E-state index in [4.69, 9.17) is 15.2 Å². The second kappa shape index (κ2) is 10.0. The molecule has 1 aromatic rings. The Morgan fingerprint density at radius 3 is 2.24 bits per heavy atom. The third-order valence-corrected chi connectivity index (χ3v) is 3.22. The van der Waals surface area contributed by atoms with Gasteiger partial charge in [-0.1, -0.05) is 0 Å². The highest BCUT2D eigenvalue weighted by Gasteiger charge is 2.37. The van der Waals surface area contributed by atoms with Gasteiger partial charge in [-0.3, -0.25) is 24.2 Å². The van der Waals surface area contributed by atoms with Gasteiger partial charge < -0.3 is 20.5 Å². The summed E-state index contributed by atoms with van der Waals surface area (Å²) in [6, 6.07) is 1.43. The van der Waals surface area contributed by atoms with E-state index in [9.17, 15) is 19.2 Å². The van der Waals surface area contributed by atoms with E-state index < -0.39 is 42.1 Å². The maximum atomic E-state index is 12.2. The largest absolute Gasteiger partial charge is 0.466 e. The summed E-state index contributed by atoms with van der Waals surface area (Å²) in [6.07, 6.45) is 2.35. The molecule has 9 heteroatoms. The van der Waals surface area contributed by atoms with Crippen LogP contribution < -0.4 is 11.1 Å². The van der Waals surface area contributed by atoms with Crippen LogP contribution in [-0.4, -0.2) is 48.0 Å². The van der Waals surface area contributed by atoms with Crippen LogP contribution in [0.4, 0.5) is 0 Å². The summed E-state index contributed by atoms with van der Waals surface area (Å²) in [5, 5.41) is 2.37. The van der Waals surface area contributed by atoms with Crippen LogP contribution in [0.15, 0.2) is 24.5 Å². The number of amides is 2. The topological polar surface area (TPSA) is 138 Å². The van der Waals surface area contributed by atoms with Crippen LogP contribution in [-0.2, 0) is 23.9 Å². The number of nitrogens with two attached hydrogens (primary N) is 1. The second-order valence-corrected chi connectivity index (χ2v) is 4.96. The summed E-state index contributed by atoms with van der Waals surface area (Å²) in [5.41, 5.74) is 5.54. The van der Waals surface area contributed by atoms with Crippen LogP contribution in [0, 0.1) is 5.92 Å². The van der Waals surface area contributed by atoms with Crippen molar-refractivity contribution in [2.75, 3.05) is 13.2 Å². The Balaban J connectivity index is 3.01. The number of nitrogens with zero attached hydrogens (tertiary/aromatic N) is 1. The van der Waals surface area contributed by atoms with Gasteiger partial charge in [-0.2, -0.15) is 0 Å². The van der Waals surface area contributed by atoms with E-state index in [0.717, 1.165) is 0 Å². The Kier molecular flexibility index (Phi) is 8.04. The lowest BCUT2D eigenvalue weighted by Gasteiger charge is -2.23. The molecule has 1 rings (SSSR count). The number of aromatic nitrogens is 1. The van der Waals surface area contributed by atoms with E-state index in [0.29, 0.717) is 0 Å². The van der Waals surface area contributed by atoms with Gasteiger partial charge in [0.05, 0.1) is 25.6 Å². The minimum Gasteiger partial charge on any atom is -0.466 e. The van der Waals surface area contributed by atoms with E-state index in [-0.39, 0.29) is 18.8 Å². The number of carbonyl (C=O) groups excluding carboxylic acids is 4. The predicted molar refractivity (Wildman–Crippen MR) is 86.1 cm³/mol. The first-order valence-corrected chi connectivity index (χ1v) is 7.73. The van der Waals surface area contributed by atoms with Gasteiger partial charge in [-0.15, -0.1) is 0 Å². The number of hydrogen-bond acceptors (Lipinski definition) is 7. The van der Waals surface area contributed by atoms with Crippen molar-refractivity contribution in [3.63, 3.8) is 0 Å². The van der Waals surface area contributed by atoms with Gasteiger partial charge >= 0.3 is 11.9 Å². The molecule has 0 radical (unpaired) electrons. The average molecular weight is 351 g/mol. The molecular formula is C16H21N3O6. The van der Waals surface area contributed by atoms with Crippen molar-refractivity contribution < 1.29 is 28.7 Å². The van der Waals surface area contributed by atoms with Crippen LogP contribution >= 0.6 is 0 Å². The fraction of sp³-hybridized carbons (Fsp3) is 0.438. The summed E-state index contributed by atoms with van der Waals surface area (Å²) in [6.45, 7) is 3.34. The lowest BCUT2D eigenvalue weighted by Crippen LogP contribution is -2.52. The first kappa shape index (κ1) is 20.1. The molecule has 0 bridgehead atoms. The van der Waals surface area contributed by atoms with Crippen LogP contribution in [0.25, 0.3) is 0 Å². The van der Waals surface area contributed by atoms with Crippen molar-refractivity contribution in [2.24, 2.45) is 11.7 Å². The fourth-order valence-electron chi connectivity index (χ4n) is 2.08. The SMILES string of the molecule is CCOC(=O)C[C@@H](C(=O)OCC)[C@H](NC(=O)c1ccncc1)C(N)=O. The number of primary amides is 1. The summed E-state index contributed by atoms with van der Waals surface area (Å²) < 4.78 is 9.69. The summed E-state index contributed by atoms with van der Waals surface area (Å²) >= 11 is 0. The zero-order chi connectivity index (χ0) is 18.8. The molecular weight excluding hydrogens is 330 g/mol. The van der Waals surface area contributed by atoms with Crippen LogP contribution in [0.1, 0.15) is 30.6 Å². The summed E-state index contributed by atoms with van der Waals surface area (Å²) in [5.74, 6) is -4.42. The molecule has 0 aliphatic carbocycles. The molecule has 0 saturated carbocycles. The lowest BCUT2D eigenvalue weighted by molar-refractivity contribution is -0.156. The number of rotatable bonds is 9. The minimum atomic E-state index is -1.43. The third kappa shape index (κ3) is 6.21. The molecule has 0 aliphatic rings. The molecule has 136 valence electrons. The van der Waals surface area contributed by atoms with Gasteiger partial charge in [-0.05, 0) is 26.0 Å². The van der Waals surface area contributed by atoms with Crippen molar-refractivity contribution in [1.29, 1.82) is 0 Å². The second-order valence-electron chi connectivity index (χ2n) is 4.96. The molecule has 0 fully saturated rings. The van der Waals surface area contributed by atoms with Crippen LogP contribution in [0.3, 0.4) is 0 Å². The zero-order valence-electron chi connectivity index (χ0n) is 14.1. The highest BCUT2D eigenvalue weighted by atomic mass is 16.5. The number of pyridine rings is 1. The van der Waals surface area contributed by atoms with E-state index in [1.165, 1.54) is 24.5 Å². The highest BCUT2D eigenvalue weighted by Crippen LogP contribution is 2.14. The van der Waals surface area contributed by atoms with E-state index in [2.05, 4.69) is 10.3 Å². The molecule has 0 aromatic carbocycles. The van der Waals surface area contributed by atoms with E-state index in [1.807, 2.05) is 0 Å². The van der Waals surface area contributed by atoms with Gasteiger partial charge in [0, 0.05) is 18.0 Å². The van der Waals surface area contributed by atoms with Crippen LogP contribution in [0.5, 0.6) is 0 Å². The normalized spacial score (nSPS) is 12.6. The molecule has 0 saturated heterocycles. The highest BCUT2D eigenvalue weighted by molar-refractivity contribution is 5.99. The van der Waals surface area contributed by atoms with Crippen molar-refractivity contribution in [3.05, 3.63) is 30.1 Å². The predicted octanol–water partition coefficient (Wildman–Crippen LogP) is -0.202. The number of hydrogen-bond donors (Lipinski definition) is 2. The van der Waals surface area contributed by atoms with Gasteiger partial charge in [0.25, 0.3) is 5.91 Å². The Hall–Kier alpha value is -2.97. The summed E-state index contributed by atoms with van der Waals surface area (Å²) in [7, 11) is 0. The number of nitrogens with one attached hydrogen (secondary N) is 1. The fourth-order valence-corrected chi connectivity index (χ4v) is 2.08. The molecule has 0 aliphatic heterocycles. The lowest BCUT2D eigenvalue weighted by atomic mass is 9.95. The van der Waals surface area contributed by atoms with E-state index >= 15 is 0 Å². The maximum absolute atomic E-state index is 12.2. The standard InChI is InChI=1S/C16H21N3O6/c1-3-24-12(20)9-11(16(23)25-4-2)13(14(17)21)19-15(22)10-5-7-18-8-6-10/h5-8,11,13H,3-4,9H2,1-2H3,(H2,17,21)(H,19,22)/t11-,13+/m1/s1. The zero-order valence-corrected chi connectivity index (χ0v) is 14.1. The van der Waals surface area contributed by atoms with Crippen LogP contribution in [0.2, 0.25) is 0 Å². The Morgan fingerprint density at radius 1 is 1.12 bits per heavy atom. The van der Waals surface area contributed by atoms with E-state index in [1.54, 1.807) is 13.8 Å². The van der Waals surface area contributed by atoms with Gasteiger partial charge in [0.15, 0.2) is 0 Å². The smallest absolute Gasteiger partial charge is 0.312 e.